The second-order valence-electron chi connectivity index (χ2n) is 5.99. The molecule has 112 valence electrons. The zero-order valence-electron chi connectivity index (χ0n) is 12.7. The number of hydrogen-bond donors (Lipinski definition) is 1. The lowest BCUT2D eigenvalue weighted by atomic mass is 10.1. The lowest BCUT2D eigenvalue weighted by Crippen LogP contribution is -2.32. The molecule has 3 heteroatoms. The summed E-state index contributed by atoms with van der Waals surface area (Å²) in [5.74, 6) is 0. The summed E-state index contributed by atoms with van der Waals surface area (Å²) < 4.78 is 0. The highest BCUT2D eigenvalue weighted by atomic mass is 15.1. The average Bonchev–Trinajstić information content (AvgIpc) is 2.80. The molecule has 1 aliphatic rings. The standard InChI is InChI=1S/C18H25N3/c1-2-4-11-21(10-3-1)12-9-20-14-16-5-6-18-15-19-8-7-17(18)13-16/h5-8,13,15,20H,1-4,9-12,14H2. The number of benzene rings is 1. The second kappa shape index (κ2) is 7.53. The fourth-order valence-corrected chi connectivity index (χ4v) is 3.07. The Hall–Kier alpha value is -1.45. The molecule has 1 aromatic carbocycles. The van der Waals surface area contributed by atoms with Crippen molar-refractivity contribution in [2.24, 2.45) is 0 Å². The molecular formula is C18H25N3. The van der Waals surface area contributed by atoms with Crippen molar-refractivity contribution in [1.82, 2.24) is 15.2 Å². The molecule has 1 N–H and O–H groups in total. The molecule has 0 saturated carbocycles. The van der Waals surface area contributed by atoms with Crippen LogP contribution in [0.5, 0.6) is 0 Å². The van der Waals surface area contributed by atoms with Crippen molar-refractivity contribution in [3.63, 3.8) is 0 Å². The summed E-state index contributed by atoms with van der Waals surface area (Å²) in [7, 11) is 0. The van der Waals surface area contributed by atoms with Crippen molar-refractivity contribution < 1.29 is 0 Å². The number of pyridine rings is 1. The normalized spacial score (nSPS) is 17.0. The molecule has 3 rings (SSSR count). The highest BCUT2D eigenvalue weighted by molar-refractivity contribution is 5.81. The largest absolute Gasteiger partial charge is 0.311 e. The van der Waals surface area contributed by atoms with Crippen LogP contribution < -0.4 is 5.32 Å². The summed E-state index contributed by atoms with van der Waals surface area (Å²) in [5, 5.41) is 6.07. The van der Waals surface area contributed by atoms with E-state index in [-0.39, 0.29) is 0 Å². The van der Waals surface area contributed by atoms with Gasteiger partial charge in [0.15, 0.2) is 0 Å². The van der Waals surface area contributed by atoms with Gasteiger partial charge in [0.1, 0.15) is 0 Å². The van der Waals surface area contributed by atoms with Crippen LogP contribution in [0.2, 0.25) is 0 Å². The zero-order chi connectivity index (χ0) is 14.3. The molecule has 0 bridgehead atoms. The lowest BCUT2D eigenvalue weighted by Gasteiger charge is -2.19. The molecule has 0 amide bonds. The fraction of sp³-hybridized carbons (Fsp3) is 0.500. The van der Waals surface area contributed by atoms with E-state index in [0.29, 0.717) is 0 Å². The summed E-state index contributed by atoms with van der Waals surface area (Å²) in [6.07, 6.45) is 9.36. The van der Waals surface area contributed by atoms with E-state index in [2.05, 4.69) is 39.5 Å². The van der Waals surface area contributed by atoms with Crippen molar-refractivity contribution in [2.45, 2.75) is 32.2 Å². The summed E-state index contributed by atoms with van der Waals surface area (Å²) in [5.41, 5.74) is 1.35. The molecule has 0 unspecified atom stereocenters. The first-order chi connectivity index (χ1) is 10.4. The maximum atomic E-state index is 4.16. The Kier molecular flexibility index (Phi) is 5.19. The van der Waals surface area contributed by atoms with E-state index in [0.717, 1.165) is 13.1 Å². The molecule has 21 heavy (non-hydrogen) atoms. The fourth-order valence-electron chi connectivity index (χ4n) is 3.07. The van der Waals surface area contributed by atoms with Crippen LogP contribution in [0.15, 0.2) is 36.7 Å². The predicted octanol–water partition coefficient (Wildman–Crippen LogP) is 3.20. The quantitative estimate of drug-likeness (QED) is 0.854. The van der Waals surface area contributed by atoms with Crippen LogP contribution in [0, 0.1) is 0 Å². The Morgan fingerprint density at radius 1 is 1.00 bits per heavy atom. The Morgan fingerprint density at radius 2 is 1.86 bits per heavy atom. The zero-order valence-corrected chi connectivity index (χ0v) is 12.7. The van der Waals surface area contributed by atoms with Gasteiger partial charge < -0.3 is 10.2 Å². The van der Waals surface area contributed by atoms with Crippen LogP contribution in [0.1, 0.15) is 31.2 Å². The smallest absolute Gasteiger partial charge is 0.0346 e. The molecule has 3 nitrogen and oxygen atoms in total. The Morgan fingerprint density at radius 3 is 2.71 bits per heavy atom. The van der Waals surface area contributed by atoms with Gasteiger partial charge in [0, 0.05) is 37.4 Å². The van der Waals surface area contributed by atoms with Gasteiger partial charge >= 0.3 is 0 Å². The van der Waals surface area contributed by atoms with E-state index >= 15 is 0 Å². The van der Waals surface area contributed by atoms with Crippen molar-refractivity contribution >= 4 is 10.8 Å². The van der Waals surface area contributed by atoms with Gasteiger partial charge in [-0.05, 0) is 49.0 Å². The van der Waals surface area contributed by atoms with E-state index in [9.17, 15) is 0 Å². The first-order valence-corrected chi connectivity index (χ1v) is 8.17. The Balaban J connectivity index is 1.45. The Bertz CT molecular complexity index is 559. The van der Waals surface area contributed by atoms with Crippen LogP contribution in [0.3, 0.4) is 0 Å². The molecule has 1 aliphatic heterocycles. The number of nitrogens with zero attached hydrogens (tertiary/aromatic N) is 2. The molecule has 2 heterocycles. The van der Waals surface area contributed by atoms with Crippen LogP contribution in [0.25, 0.3) is 10.8 Å². The number of aromatic nitrogens is 1. The van der Waals surface area contributed by atoms with E-state index in [1.54, 1.807) is 0 Å². The van der Waals surface area contributed by atoms with Gasteiger partial charge in [-0.15, -0.1) is 0 Å². The summed E-state index contributed by atoms with van der Waals surface area (Å²) in [4.78, 5) is 6.76. The third-order valence-electron chi connectivity index (χ3n) is 4.34. The van der Waals surface area contributed by atoms with Gasteiger partial charge in [-0.1, -0.05) is 25.0 Å². The molecule has 1 aromatic heterocycles. The van der Waals surface area contributed by atoms with Gasteiger partial charge in [-0.3, -0.25) is 4.98 Å². The topological polar surface area (TPSA) is 28.2 Å². The average molecular weight is 283 g/mol. The van der Waals surface area contributed by atoms with Crippen molar-refractivity contribution in [3.8, 4) is 0 Å². The van der Waals surface area contributed by atoms with Crippen molar-refractivity contribution in [1.29, 1.82) is 0 Å². The minimum atomic E-state index is 0.950. The molecule has 0 atom stereocenters. The first kappa shape index (κ1) is 14.5. The molecule has 2 aromatic rings. The lowest BCUT2D eigenvalue weighted by molar-refractivity contribution is 0.284. The third kappa shape index (κ3) is 4.26. The molecule has 1 fully saturated rings. The van der Waals surface area contributed by atoms with Gasteiger partial charge in [0.25, 0.3) is 0 Å². The molecular weight excluding hydrogens is 258 g/mol. The van der Waals surface area contributed by atoms with Gasteiger partial charge in [-0.2, -0.15) is 0 Å². The van der Waals surface area contributed by atoms with Crippen molar-refractivity contribution in [2.75, 3.05) is 26.2 Å². The van der Waals surface area contributed by atoms with Crippen LogP contribution in [0.4, 0.5) is 0 Å². The first-order valence-electron chi connectivity index (χ1n) is 8.17. The maximum Gasteiger partial charge on any atom is 0.0346 e. The maximum absolute atomic E-state index is 4.16. The van der Waals surface area contributed by atoms with Gasteiger partial charge in [-0.25, -0.2) is 0 Å². The van der Waals surface area contributed by atoms with Crippen LogP contribution >= 0.6 is 0 Å². The van der Waals surface area contributed by atoms with E-state index in [1.807, 2.05) is 12.4 Å². The summed E-state index contributed by atoms with van der Waals surface area (Å²) in [6.45, 7) is 5.77. The van der Waals surface area contributed by atoms with E-state index in [1.165, 1.54) is 61.7 Å². The minimum absolute atomic E-state index is 0.950. The van der Waals surface area contributed by atoms with Crippen LogP contribution in [-0.2, 0) is 6.54 Å². The SMILES string of the molecule is c1cc2cc(CNCCN3CCCCCC3)ccc2cn1. The highest BCUT2D eigenvalue weighted by Gasteiger charge is 2.07. The van der Waals surface area contributed by atoms with Gasteiger partial charge in [0.05, 0.1) is 0 Å². The van der Waals surface area contributed by atoms with Crippen molar-refractivity contribution in [3.05, 3.63) is 42.2 Å². The summed E-state index contributed by atoms with van der Waals surface area (Å²) in [6, 6.07) is 8.70. The van der Waals surface area contributed by atoms with E-state index in [4.69, 9.17) is 0 Å². The third-order valence-corrected chi connectivity index (χ3v) is 4.34. The number of hydrogen-bond acceptors (Lipinski definition) is 3. The van der Waals surface area contributed by atoms with Gasteiger partial charge in [0.2, 0.25) is 0 Å². The second-order valence-corrected chi connectivity index (χ2v) is 5.99. The molecule has 0 spiro atoms. The highest BCUT2D eigenvalue weighted by Crippen LogP contribution is 2.14. The predicted molar refractivity (Wildman–Crippen MR) is 88.4 cm³/mol. The van der Waals surface area contributed by atoms with Crippen LogP contribution in [-0.4, -0.2) is 36.1 Å². The molecule has 0 radical (unpaired) electrons. The number of nitrogens with one attached hydrogen (secondary N) is 1. The summed E-state index contributed by atoms with van der Waals surface area (Å²) >= 11 is 0. The minimum Gasteiger partial charge on any atom is -0.311 e. The molecule has 0 aliphatic carbocycles. The number of likely N-dealkylation sites (tertiary alicyclic amines) is 1. The number of rotatable bonds is 5. The monoisotopic (exact) mass is 283 g/mol. The Labute approximate surface area is 127 Å². The molecule has 1 saturated heterocycles. The van der Waals surface area contributed by atoms with E-state index < -0.39 is 0 Å². The number of fused-ring (bicyclic) bond motifs is 1.